The van der Waals surface area contributed by atoms with Crippen LogP contribution in [0.4, 0.5) is 10.1 Å². The summed E-state index contributed by atoms with van der Waals surface area (Å²) in [6.07, 6.45) is 1.39. The Morgan fingerprint density at radius 1 is 1.12 bits per heavy atom. The zero-order valence-electron chi connectivity index (χ0n) is 13.6. The molecule has 2 aromatic rings. The van der Waals surface area contributed by atoms with Crippen molar-refractivity contribution >= 4 is 17.5 Å². The van der Waals surface area contributed by atoms with E-state index in [2.05, 4.69) is 17.2 Å². The second-order valence-corrected chi connectivity index (χ2v) is 5.20. The van der Waals surface area contributed by atoms with Gasteiger partial charge in [0.1, 0.15) is 6.61 Å². The highest BCUT2D eigenvalue weighted by atomic mass is 19.1. The van der Waals surface area contributed by atoms with E-state index < -0.39 is 5.82 Å². The van der Waals surface area contributed by atoms with Gasteiger partial charge in [0.15, 0.2) is 11.6 Å². The molecule has 0 radical (unpaired) electrons. The van der Waals surface area contributed by atoms with Gasteiger partial charge in [0, 0.05) is 5.69 Å². The third-order valence-corrected chi connectivity index (χ3v) is 3.29. The number of carbonyl (C=O) groups excluding carboxylic acids is 2. The minimum absolute atomic E-state index is 0.161. The Kier molecular flexibility index (Phi) is 6.71. The highest BCUT2D eigenvalue weighted by molar-refractivity contribution is 5.98. The van der Waals surface area contributed by atoms with Crippen molar-refractivity contribution in [1.82, 2.24) is 5.32 Å². The number of ether oxygens (including phenoxy) is 1. The number of halogens is 1. The van der Waals surface area contributed by atoms with Crippen LogP contribution in [0, 0.1) is 5.82 Å². The second kappa shape index (κ2) is 9.22. The summed E-state index contributed by atoms with van der Waals surface area (Å²) >= 11 is 0. The summed E-state index contributed by atoms with van der Waals surface area (Å²) in [5.41, 5.74) is 1.44. The summed E-state index contributed by atoms with van der Waals surface area (Å²) in [7, 11) is 0. The van der Waals surface area contributed by atoms with Crippen LogP contribution in [0.15, 0.2) is 61.2 Å². The lowest BCUT2D eigenvalue weighted by atomic mass is 10.1. The second-order valence-electron chi connectivity index (χ2n) is 5.20. The van der Waals surface area contributed by atoms with E-state index in [9.17, 15) is 14.0 Å². The van der Waals surface area contributed by atoms with E-state index in [0.717, 1.165) is 5.56 Å². The fraction of sp³-hybridized carbons (Fsp3) is 0.158. The molecule has 0 heterocycles. The highest BCUT2D eigenvalue weighted by Gasteiger charge is 2.05. The first-order chi connectivity index (χ1) is 12.1. The van der Waals surface area contributed by atoms with Gasteiger partial charge >= 0.3 is 0 Å². The number of hydrogen-bond donors (Lipinski definition) is 2. The van der Waals surface area contributed by atoms with Crippen LogP contribution in [0.3, 0.4) is 0 Å². The molecule has 0 fully saturated rings. The van der Waals surface area contributed by atoms with Gasteiger partial charge in [0.05, 0.1) is 13.0 Å². The Morgan fingerprint density at radius 3 is 2.52 bits per heavy atom. The Balaban J connectivity index is 1.72. The Morgan fingerprint density at radius 2 is 1.84 bits per heavy atom. The lowest BCUT2D eigenvalue weighted by Crippen LogP contribution is -2.29. The van der Waals surface area contributed by atoms with Gasteiger partial charge in [-0.1, -0.05) is 30.8 Å². The molecule has 0 aromatic heterocycles. The standard InChI is InChI=1S/C19H19FN2O3/c1-2-18(23)22-15-9-7-14(8-10-15)13-19(24)21-11-12-25-17-6-4-3-5-16(17)20/h2-10H,1,11-13H2,(H,21,24)(H,22,23). The number of para-hydroxylation sites is 1. The van der Waals surface area contributed by atoms with E-state index in [-0.39, 0.29) is 37.1 Å². The van der Waals surface area contributed by atoms with Crippen molar-refractivity contribution in [1.29, 1.82) is 0 Å². The number of rotatable bonds is 8. The molecule has 25 heavy (non-hydrogen) atoms. The van der Waals surface area contributed by atoms with Crippen LogP contribution < -0.4 is 15.4 Å². The fourth-order valence-corrected chi connectivity index (χ4v) is 2.06. The monoisotopic (exact) mass is 342 g/mol. The molecule has 0 aliphatic rings. The summed E-state index contributed by atoms with van der Waals surface area (Å²) in [5, 5.41) is 5.34. The molecule has 0 saturated carbocycles. The number of anilines is 1. The number of benzene rings is 2. The van der Waals surface area contributed by atoms with Crippen molar-refractivity contribution in [3.63, 3.8) is 0 Å². The van der Waals surface area contributed by atoms with E-state index in [1.807, 2.05) is 0 Å². The predicted molar refractivity (Wildman–Crippen MR) is 93.9 cm³/mol. The quantitative estimate of drug-likeness (QED) is 0.572. The molecule has 130 valence electrons. The summed E-state index contributed by atoms with van der Waals surface area (Å²) in [6, 6.07) is 13.0. The summed E-state index contributed by atoms with van der Waals surface area (Å²) in [5.74, 6) is -0.730. The lowest BCUT2D eigenvalue weighted by Gasteiger charge is -2.09. The summed E-state index contributed by atoms with van der Waals surface area (Å²) in [4.78, 5) is 23.1. The Bertz CT molecular complexity index is 745. The van der Waals surface area contributed by atoms with Gasteiger partial charge in [-0.2, -0.15) is 0 Å². The van der Waals surface area contributed by atoms with E-state index >= 15 is 0 Å². The molecule has 6 heteroatoms. The molecule has 0 saturated heterocycles. The van der Waals surface area contributed by atoms with Crippen molar-refractivity contribution in [2.75, 3.05) is 18.5 Å². The van der Waals surface area contributed by atoms with Gasteiger partial charge in [0.25, 0.3) is 0 Å². The average Bonchev–Trinajstić information content (AvgIpc) is 2.61. The number of amides is 2. The van der Waals surface area contributed by atoms with Gasteiger partial charge in [-0.3, -0.25) is 9.59 Å². The fourth-order valence-electron chi connectivity index (χ4n) is 2.06. The highest BCUT2D eigenvalue weighted by Crippen LogP contribution is 2.14. The molecule has 0 spiro atoms. The van der Waals surface area contributed by atoms with E-state index in [1.54, 1.807) is 36.4 Å². The number of carbonyl (C=O) groups is 2. The average molecular weight is 342 g/mol. The van der Waals surface area contributed by atoms with Crippen molar-refractivity contribution in [3.8, 4) is 5.75 Å². The number of hydrogen-bond acceptors (Lipinski definition) is 3. The minimum atomic E-state index is -0.433. The van der Waals surface area contributed by atoms with Gasteiger partial charge < -0.3 is 15.4 Å². The molecular formula is C19H19FN2O3. The lowest BCUT2D eigenvalue weighted by molar-refractivity contribution is -0.120. The number of nitrogens with one attached hydrogen (secondary N) is 2. The molecule has 5 nitrogen and oxygen atoms in total. The molecule has 2 amide bonds. The van der Waals surface area contributed by atoms with Crippen molar-refractivity contribution in [3.05, 3.63) is 72.6 Å². The van der Waals surface area contributed by atoms with Crippen LogP contribution in [-0.4, -0.2) is 25.0 Å². The Hall–Kier alpha value is -3.15. The van der Waals surface area contributed by atoms with E-state index in [4.69, 9.17) is 4.74 Å². The SMILES string of the molecule is C=CC(=O)Nc1ccc(CC(=O)NCCOc2ccccc2F)cc1. The maximum absolute atomic E-state index is 13.4. The van der Waals surface area contributed by atoms with Crippen molar-refractivity contribution in [2.24, 2.45) is 0 Å². The molecule has 0 aliphatic heterocycles. The first kappa shape index (κ1) is 18.2. The Labute approximate surface area is 145 Å². The molecule has 2 aromatic carbocycles. The molecule has 2 N–H and O–H groups in total. The third kappa shape index (κ3) is 6.10. The van der Waals surface area contributed by atoms with Crippen LogP contribution in [0.2, 0.25) is 0 Å². The molecule has 0 unspecified atom stereocenters. The van der Waals surface area contributed by atoms with Crippen LogP contribution >= 0.6 is 0 Å². The molecule has 0 aliphatic carbocycles. The zero-order valence-corrected chi connectivity index (χ0v) is 13.6. The molecule has 0 bridgehead atoms. The molecular weight excluding hydrogens is 323 g/mol. The predicted octanol–water partition coefficient (Wildman–Crippen LogP) is 2.69. The topological polar surface area (TPSA) is 67.4 Å². The van der Waals surface area contributed by atoms with Crippen LogP contribution in [0.25, 0.3) is 0 Å². The third-order valence-electron chi connectivity index (χ3n) is 3.29. The van der Waals surface area contributed by atoms with E-state index in [0.29, 0.717) is 5.69 Å². The molecule has 2 rings (SSSR count). The van der Waals surface area contributed by atoms with E-state index in [1.165, 1.54) is 18.2 Å². The maximum atomic E-state index is 13.4. The van der Waals surface area contributed by atoms with Gasteiger partial charge in [-0.25, -0.2) is 4.39 Å². The summed E-state index contributed by atoms with van der Waals surface area (Å²) < 4.78 is 18.6. The van der Waals surface area contributed by atoms with Gasteiger partial charge in [0.2, 0.25) is 11.8 Å². The molecule has 0 atom stereocenters. The van der Waals surface area contributed by atoms with Crippen LogP contribution in [-0.2, 0) is 16.0 Å². The van der Waals surface area contributed by atoms with Gasteiger partial charge in [-0.15, -0.1) is 0 Å². The van der Waals surface area contributed by atoms with Gasteiger partial charge in [-0.05, 0) is 35.9 Å². The first-order valence-electron chi connectivity index (χ1n) is 7.75. The normalized spacial score (nSPS) is 9.96. The van der Waals surface area contributed by atoms with Crippen LogP contribution in [0.5, 0.6) is 5.75 Å². The zero-order chi connectivity index (χ0) is 18.1. The van der Waals surface area contributed by atoms with Crippen molar-refractivity contribution < 1.29 is 18.7 Å². The van der Waals surface area contributed by atoms with Crippen molar-refractivity contribution in [2.45, 2.75) is 6.42 Å². The van der Waals surface area contributed by atoms with Crippen LogP contribution in [0.1, 0.15) is 5.56 Å². The first-order valence-corrected chi connectivity index (χ1v) is 7.75. The minimum Gasteiger partial charge on any atom is -0.489 e. The smallest absolute Gasteiger partial charge is 0.247 e. The summed E-state index contributed by atoms with van der Waals surface area (Å²) in [6.45, 7) is 3.84. The largest absolute Gasteiger partial charge is 0.489 e. The maximum Gasteiger partial charge on any atom is 0.247 e.